The smallest absolute Gasteiger partial charge is 0.269 e. The molecule has 0 aliphatic rings. The van der Waals surface area contributed by atoms with Crippen LogP contribution in [0.3, 0.4) is 0 Å². The lowest BCUT2D eigenvalue weighted by Gasteiger charge is -2.30. The van der Waals surface area contributed by atoms with Gasteiger partial charge in [-0.1, -0.05) is 44.5 Å². The molecule has 9 heteroatoms. The second-order valence-electron chi connectivity index (χ2n) is 7.86. The van der Waals surface area contributed by atoms with Gasteiger partial charge in [-0.3, -0.25) is 19.7 Å². The Balaban J connectivity index is 2.11. The van der Waals surface area contributed by atoms with E-state index in [4.69, 9.17) is 4.74 Å². The highest BCUT2D eigenvalue weighted by Gasteiger charge is 2.28. The van der Waals surface area contributed by atoms with Crippen LogP contribution < -0.4 is 10.1 Å². The molecule has 0 aliphatic heterocycles. The fraction of sp³-hybridized carbons (Fsp3) is 0.440. The van der Waals surface area contributed by atoms with E-state index in [0.717, 1.165) is 24.0 Å². The van der Waals surface area contributed by atoms with Crippen LogP contribution in [0.25, 0.3) is 0 Å². The van der Waals surface area contributed by atoms with Gasteiger partial charge in [0.15, 0.2) is 0 Å². The SMILES string of the molecule is CCCCNC(=O)[C@@H](CC)N(Cc1cccc(OC)c1)C(=O)CSCc1ccc([N+](=O)[O-])cc1. The summed E-state index contributed by atoms with van der Waals surface area (Å²) in [5, 5.41) is 13.8. The molecule has 0 radical (unpaired) electrons. The Kier molecular flexibility index (Phi) is 11.4. The van der Waals surface area contributed by atoms with Crippen LogP contribution in [0.1, 0.15) is 44.2 Å². The standard InChI is InChI=1S/C25H33N3O5S/c1-4-6-14-26-25(30)23(5-2)27(16-20-8-7-9-22(15-20)33-3)24(29)18-34-17-19-10-12-21(13-11-19)28(31)32/h7-13,15,23H,4-6,14,16-18H2,1-3H3,(H,26,30)/t23-/m1/s1. The lowest BCUT2D eigenvalue weighted by atomic mass is 10.1. The summed E-state index contributed by atoms with van der Waals surface area (Å²) >= 11 is 1.42. The average Bonchev–Trinajstić information content (AvgIpc) is 2.84. The van der Waals surface area contributed by atoms with Crippen molar-refractivity contribution in [3.8, 4) is 5.75 Å². The van der Waals surface area contributed by atoms with Crippen LogP contribution in [0.5, 0.6) is 5.75 Å². The Hall–Kier alpha value is -3.07. The van der Waals surface area contributed by atoms with E-state index in [1.807, 2.05) is 31.2 Å². The van der Waals surface area contributed by atoms with Crippen molar-refractivity contribution in [1.82, 2.24) is 10.2 Å². The Bertz CT molecular complexity index is 952. The second kappa shape index (κ2) is 14.2. The molecule has 1 atom stereocenters. The zero-order chi connectivity index (χ0) is 24.9. The normalized spacial score (nSPS) is 11.5. The number of rotatable bonds is 14. The number of ether oxygens (including phenoxy) is 1. The number of unbranched alkanes of at least 4 members (excludes halogenated alkanes) is 1. The fourth-order valence-electron chi connectivity index (χ4n) is 3.45. The van der Waals surface area contributed by atoms with Crippen LogP contribution in [0.4, 0.5) is 5.69 Å². The van der Waals surface area contributed by atoms with Crippen molar-refractivity contribution in [2.45, 2.75) is 51.4 Å². The van der Waals surface area contributed by atoms with E-state index < -0.39 is 11.0 Å². The van der Waals surface area contributed by atoms with Gasteiger partial charge in [-0.25, -0.2) is 0 Å². The minimum atomic E-state index is -0.574. The summed E-state index contributed by atoms with van der Waals surface area (Å²) in [5.41, 5.74) is 1.81. The number of methoxy groups -OCH3 is 1. The highest BCUT2D eigenvalue weighted by molar-refractivity contribution is 7.99. The molecule has 2 aromatic rings. The van der Waals surface area contributed by atoms with E-state index in [9.17, 15) is 19.7 Å². The summed E-state index contributed by atoms with van der Waals surface area (Å²) in [6.07, 6.45) is 2.36. The maximum Gasteiger partial charge on any atom is 0.269 e. The molecule has 1 N–H and O–H groups in total. The van der Waals surface area contributed by atoms with Gasteiger partial charge in [-0.15, -0.1) is 11.8 Å². The maximum atomic E-state index is 13.3. The Labute approximate surface area is 205 Å². The molecule has 0 spiro atoms. The number of hydrogen-bond acceptors (Lipinski definition) is 6. The van der Waals surface area contributed by atoms with Crippen LogP contribution in [0, 0.1) is 10.1 Å². The lowest BCUT2D eigenvalue weighted by molar-refractivity contribution is -0.384. The zero-order valence-electron chi connectivity index (χ0n) is 20.0. The van der Waals surface area contributed by atoms with Crippen LogP contribution in [-0.2, 0) is 21.9 Å². The molecule has 2 aromatic carbocycles. The first-order valence-corrected chi connectivity index (χ1v) is 12.6. The molecule has 0 unspecified atom stereocenters. The first-order valence-electron chi connectivity index (χ1n) is 11.4. The Morgan fingerprint density at radius 1 is 1.15 bits per heavy atom. The average molecular weight is 488 g/mol. The van der Waals surface area contributed by atoms with Gasteiger partial charge in [0, 0.05) is 31.0 Å². The number of carbonyl (C=O) groups is 2. The molecular formula is C25H33N3O5S. The zero-order valence-corrected chi connectivity index (χ0v) is 20.8. The van der Waals surface area contributed by atoms with Crippen molar-refractivity contribution >= 4 is 29.3 Å². The molecule has 0 bridgehead atoms. The van der Waals surface area contributed by atoms with Crippen molar-refractivity contribution in [2.75, 3.05) is 19.4 Å². The molecule has 0 aliphatic carbocycles. The van der Waals surface area contributed by atoms with Gasteiger partial charge in [-0.2, -0.15) is 0 Å². The molecule has 184 valence electrons. The van der Waals surface area contributed by atoms with Crippen molar-refractivity contribution in [3.05, 3.63) is 69.8 Å². The number of hydrogen-bond donors (Lipinski definition) is 1. The second-order valence-corrected chi connectivity index (χ2v) is 8.84. The molecule has 0 saturated carbocycles. The van der Waals surface area contributed by atoms with E-state index >= 15 is 0 Å². The lowest BCUT2D eigenvalue weighted by Crippen LogP contribution is -2.49. The van der Waals surface area contributed by atoms with Crippen molar-refractivity contribution in [1.29, 1.82) is 0 Å². The first-order chi connectivity index (χ1) is 16.4. The topological polar surface area (TPSA) is 102 Å². The third-order valence-corrected chi connectivity index (χ3v) is 6.33. The third-order valence-electron chi connectivity index (χ3n) is 5.34. The van der Waals surface area contributed by atoms with E-state index in [-0.39, 0.29) is 23.3 Å². The van der Waals surface area contributed by atoms with Crippen molar-refractivity contribution in [3.63, 3.8) is 0 Å². The third kappa shape index (κ3) is 8.37. The van der Waals surface area contributed by atoms with Gasteiger partial charge in [0.1, 0.15) is 11.8 Å². The van der Waals surface area contributed by atoms with E-state index in [0.29, 0.717) is 31.0 Å². The van der Waals surface area contributed by atoms with Gasteiger partial charge in [0.25, 0.3) is 5.69 Å². The number of benzene rings is 2. The highest BCUT2D eigenvalue weighted by atomic mass is 32.2. The molecule has 0 aromatic heterocycles. The van der Waals surface area contributed by atoms with Crippen molar-refractivity contribution < 1.29 is 19.2 Å². The summed E-state index contributed by atoms with van der Waals surface area (Å²) in [4.78, 5) is 38.2. The maximum absolute atomic E-state index is 13.3. The molecule has 2 amide bonds. The molecule has 8 nitrogen and oxygen atoms in total. The fourth-order valence-corrected chi connectivity index (χ4v) is 4.32. The van der Waals surface area contributed by atoms with Gasteiger partial charge >= 0.3 is 0 Å². The summed E-state index contributed by atoms with van der Waals surface area (Å²) in [6.45, 7) is 4.85. The summed E-state index contributed by atoms with van der Waals surface area (Å²) < 4.78 is 5.30. The number of non-ortho nitro benzene ring substituents is 1. The predicted octanol–water partition coefficient (Wildman–Crippen LogP) is 4.56. The van der Waals surface area contributed by atoms with Crippen LogP contribution in [-0.4, -0.2) is 47.1 Å². The molecule has 0 fully saturated rings. The quantitative estimate of drug-likeness (QED) is 0.238. The Morgan fingerprint density at radius 3 is 2.50 bits per heavy atom. The number of carbonyl (C=O) groups excluding carboxylic acids is 2. The summed E-state index contributed by atoms with van der Waals surface area (Å²) in [7, 11) is 1.59. The molecule has 0 saturated heterocycles. The minimum Gasteiger partial charge on any atom is -0.497 e. The van der Waals surface area contributed by atoms with E-state index in [1.165, 1.54) is 23.9 Å². The largest absolute Gasteiger partial charge is 0.497 e. The highest BCUT2D eigenvalue weighted by Crippen LogP contribution is 2.20. The number of thioether (sulfide) groups is 1. The van der Waals surface area contributed by atoms with Gasteiger partial charge in [0.2, 0.25) is 11.8 Å². The molecule has 0 heterocycles. The number of nitrogens with one attached hydrogen (secondary N) is 1. The number of nitrogens with zero attached hydrogens (tertiary/aromatic N) is 2. The van der Waals surface area contributed by atoms with Crippen LogP contribution >= 0.6 is 11.8 Å². The van der Waals surface area contributed by atoms with Gasteiger partial charge in [0.05, 0.1) is 17.8 Å². The first kappa shape index (κ1) is 27.2. The summed E-state index contributed by atoms with van der Waals surface area (Å²) in [6, 6.07) is 13.2. The van der Waals surface area contributed by atoms with E-state index in [1.54, 1.807) is 24.1 Å². The number of amides is 2. The predicted molar refractivity (Wildman–Crippen MR) is 135 cm³/mol. The number of nitro benzene ring substituents is 1. The molecule has 34 heavy (non-hydrogen) atoms. The van der Waals surface area contributed by atoms with Gasteiger partial charge < -0.3 is 15.0 Å². The van der Waals surface area contributed by atoms with Crippen molar-refractivity contribution in [2.24, 2.45) is 0 Å². The van der Waals surface area contributed by atoms with Crippen LogP contribution in [0.15, 0.2) is 48.5 Å². The minimum absolute atomic E-state index is 0.0363. The monoisotopic (exact) mass is 487 g/mol. The Morgan fingerprint density at radius 2 is 1.88 bits per heavy atom. The summed E-state index contributed by atoms with van der Waals surface area (Å²) in [5.74, 6) is 1.15. The molecule has 2 rings (SSSR count). The number of nitro groups is 1. The van der Waals surface area contributed by atoms with Gasteiger partial charge in [-0.05, 0) is 36.1 Å². The molecular weight excluding hydrogens is 454 g/mol. The van der Waals surface area contributed by atoms with E-state index in [2.05, 4.69) is 12.2 Å². The van der Waals surface area contributed by atoms with Crippen LogP contribution in [0.2, 0.25) is 0 Å².